The van der Waals surface area contributed by atoms with E-state index < -0.39 is 11.6 Å². The van der Waals surface area contributed by atoms with Gasteiger partial charge in [0.2, 0.25) is 5.91 Å². The Morgan fingerprint density at radius 1 is 1.41 bits per heavy atom. The van der Waals surface area contributed by atoms with E-state index in [1.54, 1.807) is 0 Å². The predicted octanol–water partition coefficient (Wildman–Crippen LogP) is 1.19. The van der Waals surface area contributed by atoms with Crippen LogP contribution in [-0.2, 0) is 11.3 Å². The number of hydrogen-bond donors (Lipinski definition) is 2. The van der Waals surface area contributed by atoms with Crippen molar-refractivity contribution in [3.8, 4) is 0 Å². The molecule has 1 aromatic carbocycles. The highest BCUT2D eigenvalue weighted by atomic mass is 19.2. The van der Waals surface area contributed by atoms with Crippen LogP contribution >= 0.6 is 0 Å². The summed E-state index contributed by atoms with van der Waals surface area (Å²) in [5.41, 5.74) is 0.559. The number of amides is 1. The van der Waals surface area contributed by atoms with Crippen molar-refractivity contribution in [2.45, 2.75) is 13.0 Å². The van der Waals surface area contributed by atoms with Crippen LogP contribution in [0.4, 0.5) is 8.78 Å². The lowest BCUT2D eigenvalue weighted by molar-refractivity contribution is -0.124. The van der Waals surface area contributed by atoms with Crippen LogP contribution in [0.3, 0.4) is 0 Å². The molecule has 1 aliphatic rings. The van der Waals surface area contributed by atoms with Crippen LogP contribution in [0.2, 0.25) is 0 Å². The van der Waals surface area contributed by atoms with Crippen molar-refractivity contribution in [1.29, 1.82) is 0 Å². The molecular formula is C12H14F2N2O. The lowest BCUT2D eigenvalue weighted by atomic mass is 10.1. The van der Waals surface area contributed by atoms with E-state index >= 15 is 0 Å². The van der Waals surface area contributed by atoms with Gasteiger partial charge in [0.05, 0.1) is 5.92 Å². The molecule has 1 aliphatic heterocycles. The molecule has 2 rings (SSSR count). The first kappa shape index (κ1) is 12.0. The topological polar surface area (TPSA) is 41.1 Å². The molecule has 0 radical (unpaired) electrons. The summed E-state index contributed by atoms with van der Waals surface area (Å²) in [5.74, 6) is -1.82. The van der Waals surface area contributed by atoms with Gasteiger partial charge in [-0.2, -0.15) is 0 Å². The third-order valence-corrected chi connectivity index (χ3v) is 2.88. The van der Waals surface area contributed by atoms with Crippen molar-refractivity contribution in [2.24, 2.45) is 5.92 Å². The molecule has 2 N–H and O–H groups in total. The molecule has 92 valence electrons. The maximum absolute atomic E-state index is 12.9. The molecule has 1 atom stereocenters. The Hall–Kier alpha value is -1.49. The van der Waals surface area contributed by atoms with Gasteiger partial charge in [-0.1, -0.05) is 6.07 Å². The molecule has 1 saturated heterocycles. The first-order valence-corrected chi connectivity index (χ1v) is 5.59. The second-order valence-corrected chi connectivity index (χ2v) is 4.16. The van der Waals surface area contributed by atoms with Crippen LogP contribution in [0.15, 0.2) is 18.2 Å². The smallest absolute Gasteiger partial charge is 0.224 e. The molecule has 1 fully saturated rings. The molecule has 0 aliphatic carbocycles. The molecular weight excluding hydrogens is 226 g/mol. The average molecular weight is 240 g/mol. The van der Waals surface area contributed by atoms with Gasteiger partial charge in [-0.15, -0.1) is 0 Å². The van der Waals surface area contributed by atoms with E-state index in [0.29, 0.717) is 12.1 Å². The lowest BCUT2D eigenvalue weighted by Crippen LogP contribution is -2.31. The summed E-state index contributed by atoms with van der Waals surface area (Å²) < 4.78 is 25.6. The zero-order valence-corrected chi connectivity index (χ0v) is 9.30. The zero-order valence-electron chi connectivity index (χ0n) is 9.30. The van der Waals surface area contributed by atoms with Crippen molar-refractivity contribution < 1.29 is 13.6 Å². The van der Waals surface area contributed by atoms with Gasteiger partial charge in [0.25, 0.3) is 0 Å². The van der Waals surface area contributed by atoms with Crippen LogP contribution in [0.1, 0.15) is 12.0 Å². The predicted molar refractivity (Wildman–Crippen MR) is 59.2 cm³/mol. The molecule has 3 nitrogen and oxygen atoms in total. The van der Waals surface area contributed by atoms with Crippen molar-refractivity contribution in [3.63, 3.8) is 0 Å². The Bertz CT molecular complexity index is 417. The highest BCUT2D eigenvalue weighted by molar-refractivity contribution is 5.79. The van der Waals surface area contributed by atoms with E-state index in [1.165, 1.54) is 6.07 Å². The van der Waals surface area contributed by atoms with E-state index in [2.05, 4.69) is 10.6 Å². The number of carbonyl (C=O) groups excluding carboxylic acids is 1. The molecule has 0 spiro atoms. The number of halogens is 2. The van der Waals surface area contributed by atoms with Gasteiger partial charge in [-0.25, -0.2) is 8.78 Å². The monoisotopic (exact) mass is 240 g/mol. The molecule has 1 aromatic rings. The minimum absolute atomic E-state index is 0.0136. The Morgan fingerprint density at radius 2 is 2.24 bits per heavy atom. The van der Waals surface area contributed by atoms with Gasteiger partial charge in [0.1, 0.15) is 0 Å². The average Bonchev–Trinajstić information content (AvgIpc) is 2.84. The summed E-state index contributed by atoms with van der Waals surface area (Å²) in [4.78, 5) is 11.7. The van der Waals surface area contributed by atoms with Crippen LogP contribution in [0.25, 0.3) is 0 Å². The van der Waals surface area contributed by atoms with E-state index in [4.69, 9.17) is 0 Å². The molecule has 0 saturated carbocycles. The fraction of sp³-hybridized carbons (Fsp3) is 0.417. The molecule has 1 heterocycles. The van der Waals surface area contributed by atoms with Gasteiger partial charge in [0.15, 0.2) is 11.6 Å². The first-order chi connectivity index (χ1) is 8.16. The highest BCUT2D eigenvalue weighted by Gasteiger charge is 2.21. The molecule has 0 aromatic heterocycles. The second-order valence-electron chi connectivity index (χ2n) is 4.16. The van der Waals surface area contributed by atoms with E-state index in [-0.39, 0.29) is 18.4 Å². The van der Waals surface area contributed by atoms with Crippen molar-refractivity contribution in [2.75, 3.05) is 13.1 Å². The molecule has 1 unspecified atom stereocenters. The van der Waals surface area contributed by atoms with Gasteiger partial charge >= 0.3 is 0 Å². The summed E-state index contributed by atoms with van der Waals surface area (Å²) in [6, 6.07) is 3.63. The maximum Gasteiger partial charge on any atom is 0.224 e. The molecule has 5 heteroatoms. The normalized spacial score (nSPS) is 19.3. The number of rotatable bonds is 3. The molecule has 17 heavy (non-hydrogen) atoms. The SMILES string of the molecule is O=C(NCc1ccc(F)c(F)c1)C1CCNC1. The van der Waals surface area contributed by atoms with Crippen molar-refractivity contribution in [1.82, 2.24) is 10.6 Å². The summed E-state index contributed by atoms with van der Waals surface area (Å²) in [7, 11) is 0. The number of benzene rings is 1. The minimum atomic E-state index is -0.890. The molecule has 0 bridgehead atoms. The Labute approximate surface area is 98.2 Å². The third-order valence-electron chi connectivity index (χ3n) is 2.88. The fourth-order valence-electron chi connectivity index (χ4n) is 1.86. The van der Waals surface area contributed by atoms with Crippen molar-refractivity contribution >= 4 is 5.91 Å². The summed E-state index contributed by atoms with van der Waals surface area (Å²) in [5, 5.41) is 5.82. The number of hydrogen-bond acceptors (Lipinski definition) is 2. The second kappa shape index (κ2) is 5.23. The summed E-state index contributed by atoms with van der Waals surface area (Å²) in [6.45, 7) is 1.76. The van der Waals surface area contributed by atoms with E-state index in [9.17, 15) is 13.6 Å². The Balaban J connectivity index is 1.88. The van der Waals surface area contributed by atoms with Gasteiger partial charge in [-0.05, 0) is 30.7 Å². The van der Waals surface area contributed by atoms with Crippen LogP contribution in [0, 0.1) is 17.6 Å². The highest BCUT2D eigenvalue weighted by Crippen LogP contribution is 2.10. The zero-order chi connectivity index (χ0) is 12.3. The Morgan fingerprint density at radius 3 is 2.88 bits per heavy atom. The first-order valence-electron chi connectivity index (χ1n) is 5.59. The summed E-state index contributed by atoms with van der Waals surface area (Å²) >= 11 is 0. The standard InChI is InChI=1S/C12H14F2N2O/c13-10-2-1-8(5-11(10)14)6-16-12(17)9-3-4-15-7-9/h1-2,5,9,15H,3-4,6-7H2,(H,16,17). The number of nitrogens with one attached hydrogen (secondary N) is 2. The fourth-order valence-corrected chi connectivity index (χ4v) is 1.86. The largest absolute Gasteiger partial charge is 0.352 e. The maximum atomic E-state index is 12.9. The van der Waals surface area contributed by atoms with Gasteiger partial charge in [0, 0.05) is 13.1 Å². The van der Waals surface area contributed by atoms with Crippen LogP contribution < -0.4 is 10.6 Å². The van der Waals surface area contributed by atoms with Crippen LogP contribution in [-0.4, -0.2) is 19.0 Å². The van der Waals surface area contributed by atoms with Gasteiger partial charge < -0.3 is 10.6 Å². The number of carbonyl (C=O) groups is 1. The quantitative estimate of drug-likeness (QED) is 0.833. The minimum Gasteiger partial charge on any atom is -0.352 e. The molecule has 1 amide bonds. The Kier molecular flexibility index (Phi) is 3.68. The van der Waals surface area contributed by atoms with E-state index in [1.807, 2.05) is 0 Å². The third kappa shape index (κ3) is 3.00. The van der Waals surface area contributed by atoms with E-state index in [0.717, 1.165) is 25.1 Å². The van der Waals surface area contributed by atoms with Crippen molar-refractivity contribution in [3.05, 3.63) is 35.4 Å². The van der Waals surface area contributed by atoms with Gasteiger partial charge in [-0.3, -0.25) is 4.79 Å². The summed E-state index contributed by atoms with van der Waals surface area (Å²) in [6.07, 6.45) is 0.823. The lowest BCUT2D eigenvalue weighted by Gasteiger charge is -2.09. The van der Waals surface area contributed by atoms with Crippen LogP contribution in [0.5, 0.6) is 0 Å².